The first-order valence-corrected chi connectivity index (χ1v) is 8.61. The zero-order chi connectivity index (χ0) is 14.6. The molecule has 0 bridgehead atoms. The summed E-state index contributed by atoms with van der Waals surface area (Å²) in [5.74, 6) is -0.0965. The number of nitrogens with one attached hydrogen (secondary N) is 1. The van der Waals surface area contributed by atoms with Crippen LogP contribution in [0, 0.1) is 11.2 Å². The van der Waals surface area contributed by atoms with Gasteiger partial charge < -0.3 is 5.32 Å². The van der Waals surface area contributed by atoms with Crippen LogP contribution >= 0.6 is 15.9 Å². The maximum Gasteiger partial charge on any atom is 0.142 e. The summed E-state index contributed by atoms with van der Waals surface area (Å²) in [7, 11) is 0. The first-order valence-electron chi connectivity index (χ1n) is 7.82. The number of hydrogen-bond acceptors (Lipinski definition) is 1. The van der Waals surface area contributed by atoms with E-state index in [1.54, 1.807) is 6.07 Å². The Morgan fingerprint density at radius 1 is 1.30 bits per heavy atom. The molecule has 112 valence electrons. The Bertz CT molecular complexity index is 441. The highest BCUT2D eigenvalue weighted by molar-refractivity contribution is 9.10. The van der Waals surface area contributed by atoms with Gasteiger partial charge in [0.15, 0.2) is 0 Å². The molecular weight excluding hydrogens is 317 g/mol. The van der Waals surface area contributed by atoms with Crippen molar-refractivity contribution in [3.63, 3.8) is 0 Å². The topological polar surface area (TPSA) is 12.0 Å². The van der Waals surface area contributed by atoms with Crippen LogP contribution in [0.3, 0.4) is 0 Å². The van der Waals surface area contributed by atoms with Crippen molar-refractivity contribution in [2.75, 3.05) is 6.54 Å². The molecule has 1 aliphatic carbocycles. The molecule has 0 aromatic heterocycles. The van der Waals surface area contributed by atoms with E-state index in [2.05, 4.69) is 35.1 Å². The second-order valence-corrected chi connectivity index (χ2v) is 6.81. The normalized spacial score (nSPS) is 19.2. The van der Waals surface area contributed by atoms with E-state index in [1.165, 1.54) is 25.7 Å². The van der Waals surface area contributed by atoms with E-state index in [1.807, 2.05) is 12.1 Å². The molecule has 0 spiro atoms. The van der Waals surface area contributed by atoms with Crippen LogP contribution in [0.2, 0.25) is 0 Å². The lowest BCUT2D eigenvalue weighted by molar-refractivity contribution is 0.183. The maximum atomic E-state index is 14.6. The third-order valence-electron chi connectivity index (χ3n) is 4.81. The molecule has 0 aliphatic heterocycles. The highest BCUT2D eigenvalue weighted by Gasteiger charge is 2.41. The molecule has 2 rings (SSSR count). The van der Waals surface area contributed by atoms with E-state index >= 15 is 0 Å². The Morgan fingerprint density at radius 2 is 2.00 bits per heavy atom. The lowest BCUT2D eigenvalue weighted by atomic mass is 9.73. The van der Waals surface area contributed by atoms with Gasteiger partial charge in [0.1, 0.15) is 5.82 Å². The fourth-order valence-corrected chi connectivity index (χ4v) is 4.00. The lowest BCUT2D eigenvalue weighted by Crippen LogP contribution is -2.37. The van der Waals surface area contributed by atoms with E-state index < -0.39 is 0 Å². The molecule has 1 aromatic rings. The van der Waals surface area contributed by atoms with Gasteiger partial charge >= 0.3 is 0 Å². The summed E-state index contributed by atoms with van der Waals surface area (Å²) >= 11 is 3.33. The van der Waals surface area contributed by atoms with Gasteiger partial charge in [0.05, 0.1) is 4.47 Å². The van der Waals surface area contributed by atoms with Gasteiger partial charge in [-0.25, -0.2) is 4.39 Å². The van der Waals surface area contributed by atoms with Gasteiger partial charge in [-0.2, -0.15) is 0 Å². The molecule has 0 saturated heterocycles. The predicted molar refractivity (Wildman–Crippen MR) is 86.3 cm³/mol. The van der Waals surface area contributed by atoms with Gasteiger partial charge in [0, 0.05) is 11.6 Å². The van der Waals surface area contributed by atoms with E-state index in [0.29, 0.717) is 4.47 Å². The van der Waals surface area contributed by atoms with Crippen molar-refractivity contribution in [1.29, 1.82) is 0 Å². The second-order valence-electron chi connectivity index (χ2n) is 5.95. The van der Waals surface area contributed by atoms with Gasteiger partial charge in [0.25, 0.3) is 0 Å². The third kappa shape index (κ3) is 3.09. The van der Waals surface area contributed by atoms with Crippen molar-refractivity contribution in [2.24, 2.45) is 5.41 Å². The van der Waals surface area contributed by atoms with Crippen molar-refractivity contribution in [1.82, 2.24) is 5.32 Å². The minimum Gasteiger partial charge on any atom is -0.309 e. The third-order valence-corrected chi connectivity index (χ3v) is 5.42. The predicted octanol–water partition coefficient (Wildman–Crippen LogP) is 5.60. The molecule has 0 amide bonds. The van der Waals surface area contributed by atoms with Crippen LogP contribution in [0.4, 0.5) is 4.39 Å². The zero-order valence-electron chi connectivity index (χ0n) is 12.5. The molecule has 1 nitrogen and oxygen atoms in total. The number of hydrogen-bond donors (Lipinski definition) is 1. The Labute approximate surface area is 130 Å². The fourth-order valence-electron chi connectivity index (χ4n) is 3.61. The fraction of sp³-hybridized carbons (Fsp3) is 0.647. The zero-order valence-corrected chi connectivity index (χ0v) is 14.1. The van der Waals surface area contributed by atoms with Crippen molar-refractivity contribution in [2.45, 2.75) is 58.4 Å². The maximum absolute atomic E-state index is 14.6. The van der Waals surface area contributed by atoms with Gasteiger partial charge in [-0.05, 0) is 59.6 Å². The van der Waals surface area contributed by atoms with E-state index in [0.717, 1.165) is 24.9 Å². The van der Waals surface area contributed by atoms with Gasteiger partial charge in [-0.1, -0.05) is 38.8 Å². The number of halogens is 2. The minimum absolute atomic E-state index is 0.0965. The van der Waals surface area contributed by atoms with Crippen LogP contribution in [-0.4, -0.2) is 6.54 Å². The highest BCUT2D eigenvalue weighted by atomic mass is 79.9. The Kier molecular flexibility index (Phi) is 5.62. The summed E-state index contributed by atoms with van der Waals surface area (Å²) in [4.78, 5) is 0. The molecule has 1 aliphatic rings. The van der Waals surface area contributed by atoms with Gasteiger partial charge in [-0.3, -0.25) is 0 Å². The molecule has 0 heterocycles. The van der Waals surface area contributed by atoms with Gasteiger partial charge in [-0.15, -0.1) is 0 Å². The molecule has 1 unspecified atom stereocenters. The average molecular weight is 342 g/mol. The summed E-state index contributed by atoms with van der Waals surface area (Å²) in [6.07, 6.45) is 7.14. The Balaban J connectivity index is 2.38. The molecule has 1 saturated carbocycles. The quantitative estimate of drug-likeness (QED) is 0.710. The standard InChI is InChI=1S/C17H25BrFN/c1-3-12-20-16(17(4-2)10-5-6-11-17)13-8-7-9-14(18)15(13)19/h7-9,16,20H,3-6,10-12H2,1-2H3. The van der Waals surface area contributed by atoms with Crippen molar-refractivity contribution in [3.05, 3.63) is 34.1 Å². The first kappa shape index (κ1) is 16.0. The summed E-state index contributed by atoms with van der Waals surface area (Å²) < 4.78 is 15.1. The molecule has 1 fully saturated rings. The summed E-state index contributed by atoms with van der Waals surface area (Å²) in [5, 5.41) is 3.63. The molecule has 1 atom stereocenters. The molecule has 3 heteroatoms. The SMILES string of the molecule is CCCNC(c1cccc(Br)c1F)C1(CC)CCCC1. The number of rotatable bonds is 6. The number of benzene rings is 1. The minimum atomic E-state index is -0.0965. The van der Waals surface area contributed by atoms with Crippen LogP contribution in [0.5, 0.6) is 0 Å². The van der Waals surface area contributed by atoms with Crippen LogP contribution in [0.25, 0.3) is 0 Å². The van der Waals surface area contributed by atoms with Crippen LogP contribution in [0.1, 0.15) is 64.0 Å². The largest absolute Gasteiger partial charge is 0.309 e. The Morgan fingerprint density at radius 3 is 2.60 bits per heavy atom. The molecule has 1 N–H and O–H groups in total. The van der Waals surface area contributed by atoms with Crippen molar-refractivity contribution in [3.8, 4) is 0 Å². The van der Waals surface area contributed by atoms with Crippen LogP contribution in [0.15, 0.2) is 22.7 Å². The molecular formula is C17H25BrFN. The Hall–Kier alpha value is -0.410. The van der Waals surface area contributed by atoms with E-state index in [-0.39, 0.29) is 17.3 Å². The molecule has 0 radical (unpaired) electrons. The summed E-state index contributed by atoms with van der Waals surface area (Å²) in [6.45, 7) is 5.36. The lowest BCUT2D eigenvalue weighted by Gasteiger charge is -2.38. The van der Waals surface area contributed by atoms with Gasteiger partial charge in [0.2, 0.25) is 0 Å². The average Bonchev–Trinajstić information content (AvgIpc) is 2.93. The second kappa shape index (κ2) is 7.04. The van der Waals surface area contributed by atoms with Crippen LogP contribution in [-0.2, 0) is 0 Å². The molecule has 1 aromatic carbocycles. The first-order chi connectivity index (χ1) is 9.64. The monoisotopic (exact) mass is 341 g/mol. The van der Waals surface area contributed by atoms with Crippen molar-refractivity contribution >= 4 is 15.9 Å². The summed E-state index contributed by atoms with van der Waals surface area (Å²) in [6, 6.07) is 5.81. The molecule has 20 heavy (non-hydrogen) atoms. The van der Waals surface area contributed by atoms with E-state index in [4.69, 9.17) is 0 Å². The van der Waals surface area contributed by atoms with Crippen molar-refractivity contribution < 1.29 is 4.39 Å². The van der Waals surface area contributed by atoms with Crippen LogP contribution < -0.4 is 5.32 Å². The smallest absolute Gasteiger partial charge is 0.142 e. The summed E-state index contributed by atoms with van der Waals surface area (Å²) in [5.41, 5.74) is 1.05. The van der Waals surface area contributed by atoms with E-state index in [9.17, 15) is 4.39 Å². The highest BCUT2D eigenvalue weighted by Crippen LogP contribution is 2.50.